The molecule has 1 atom stereocenters. The predicted octanol–water partition coefficient (Wildman–Crippen LogP) is 2.75. The first-order chi connectivity index (χ1) is 10.5. The highest BCUT2D eigenvalue weighted by Crippen LogP contribution is 2.26. The summed E-state index contributed by atoms with van der Waals surface area (Å²) in [4.78, 5) is 16.6. The van der Waals surface area contributed by atoms with Crippen molar-refractivity contribution in [1.82, 2.24) is 9.80 Å². The monoisotopic (exact) mass is 322 g/mol. The van der Waals surface area contributed by atoms with E-state index in [0.717, 1.165) is 38.3 Å². The number of carbonyl (C=O) groups excluding carboxylic acids is 1. The van der Waals surface area contributed by atoms with Gasteiger partial charge in [-0.15, -0.1) is 6.58 Å². The zero-order valence-electron chi connectivity index (χ0n) is 13.2. The first-order valence-corrected chi connectivity index (χ1v) is 7.94. The first-order valence-electron chi connectivity index (χ1n) is 7.56. The van der Waals surface area contributed by atoms with Gasteiger partial charge in [0.2, 0.25) is 0 Å². The summed E-state index contributed by atoms with van der Waals surface area (Å²) in [6.07, 6.45) is 1.36. The van der Waals surface area contributed by atoms with Crippen molar-refractivity contribution < 1.29 is 9.53 Å². The van der Waals surface area contributed by atoms with Gasteiger partial charge in [0.25, 0.3) is 5.91 Å². The Hall–Kier alpha value is -1.52. The molecular formula is C17H23ClN2O2. The number of carbonyl (C=O) groups is 1. The maximum Gasteiger partial charge on any atom is 0.263 e. The Morgan fingerprint density at radius 1 is 1.41 bits per heavy atom. The van der Waals surface area contributed by atoms with Crippen molar-refractivity contribution in [2.45, 2.75) is 20.0 Å². The fourth-order valence-corrected chi connectivity index (χ4v) is 2.69. The smallest absolute Gasteiger partial charge is 0.263 e. The number of ether oxygens (including phenoxy) is 1. The second-order valence-corrected chi connectivity index (χ2v) is 6.02. The Morgan fingerprint density at radius 2 is 2.09 bits per heavy atom. The Bertz CT molecular complexity index is 539. The van der Waals surface area contributed by atoms with Crippen molar-refractivity contribution in [2.24, 2.45) is 0 Å². The number of hydrogen-bond acceptors (Lipinski definition) is 3. The summed E-state index contributed by atoms with van der Waals surface area (Å²) in [6.45, 7) is 11.5. The van der Waals surface area contributed by atoms with E-state index in [-0.39, 0.29) is 5.91 Å². The molecule has 0 aromatic heterocycles. The molecule has 5 heteroatoms. The Labute approximate surface area is 137 Å². The normalized spacial score (nSPS) is 17.1. The SMILES string of the molecule is C=CCN1CCN(C(=O)[C@H](C)Oc2cc(C)ccc2Cl)CC1. The molecule has 0 aliphatic carbocycles. The molecule has 22 heavy (non-hydrogen) atoms. The van der Waals surface area contributed by atoms with Gasteiger partial charge in [-0.25, -0.2) is 0 Å². The Balaban J connectivity index is 1.92. The number of amides is 1. The average Bonchev–Trinajstić information content (AvgIpc) is 2.51. The zero-order chi connectivity index (χ0) is 16.1. The van der Waals surface area contributed by atoms with Crippen LogP contribution in [0.1, 0.15) is 12.5 Å². The van der Waals surface area contributed by atoms with Crippen LogP contribution in [0.3, 0.4) is 0 Å². The van der Waals surface area contributed by atoms with Crippen LogP contribution in [0.4, 0.5) is 0 Å². The maximum absolute atomic E-state index is 12.5. The van der Waals surface area contributed by atoms with Crippen molar-refractivity contribution in [1.29, 1.82) is 0 Å². The van der Waals surface area contributed by atoms with Gasteiger partial charge in [-0.2, -0.15) is 0 Å². The van der Waals surface area contributed by atoms with Crippen LogP contribution in [-0.2, 0) is 4.79 Å². The van der Waals surface area contributed by atoms with Crippen molar-refractivity contribution in [3.05, 3.63) is 41.4 Å². The number of aryl methyl sites for hydroxylation is 1. The molecule has 1 aromatic rings. The van der Waals surface area contributed by atoms with Crippen LogP contribution in [0.15, 0.2) is 30.9 Å². The molecule has 1 saturated heterocycles. The summed E-state index contributed by atoms with van der Waals surface area (Å²) in [5, 5.41) is 0.529. The van der Waals surface area contributed by atoms with E-state index in [0.29, 0.717) is 10.8 Å². The minimum absolute atomic E-state index is 0.0100. The van der Waals surface area contributed by atoms with E-state index < -0.39 is 6.10 Å². The summed E-state index contributed by atoms with van der Waals surface area (Å²) < 4.78 is 5.76. The number of nitrogens with zero attached hydrogens (tertiary/aromatic N) is 2. The molecule has 1 amide bonds. The zero-order valence-corrected chi connectivity index (χ0v) is 14.0. The first kappa shape index (κ1) is 16.8. The Morgan fingerprint density at radius 3 is 2.73 bits per heavy atom. The molecule has 1 heterocycles. The van der Waals surface area contributed by atoms with E-state index in [1.54, 1.807) is 13.0 Å². The van der Waals surface area contributed by atoms with Gasteiger partial charge in [0.15, 0.2) is 6.10 Å². The summed E-state index contributed by atoms with van der Waals surface area (Å²) in [6, 6.07) is 5.56. The highest BCUT2D eigenvalue weighted by atomic mass is 35.5. The molecule has 0 N–H and O–H groups in total. The third kappa shape index (κ3) is 4.24. The largest absolute Gasteiger partial charge is 0.479 e. The van der Waals surface area contributed by atoms with Gasteiger partial charge in [0.05, 0.1) is 5.02 Å². The number of halogens is 1. The van der Waals surface area contributed by atoms with E-state index in [1.165, 1.54) is 0 Å². The molecule has 1 aromatic carbocycles. The summed E-state index contributed by atoms with van der Waals surface area (Å²) in [5.41, 5.74) is 1.05. The second-order valence-electron chi connectivity index (χ2n) is 5.61. The van der Waals surface area contributed by atoms with E-state index in [9.17, 15) is 4.79 Å². The van der Waals surface area contributed by atoms with Crippen LogP contribution in [0, 0.1) is 6.92 Å². The minimum atomic E-state index is -0.537. The van der Waals surface area contributed by atoms with Crippen LogP contribution in [-0.4, -0.2) is 54.5 Å². The molecule has 2 rings (SSSR count). The van der Waals surface area contributed by atoms with Crippen LogP contribution in [0.5, 0.6) is 5.75 Å². The molecule has 0 radical (unpaired) electrons. The fourth-order valence-electron chi connectivity index (χ4n) is 2.53. The predicted molar refractivity (Wildman–Crippen MR) is 89.5 cm³/mol. The van der Waals surface area contributed by atoms with Gasteiger partial charge in [0.1, 0.15) is 5.75 Å². The quantitative estimate of drug-likeness (QED) is 0.781. The lowest BCUT2D eigenvalue weighted by molar-refractivity contribution is -0.139. The number of piperazine rings is 1. The standard InChI is InChI=1S/C17H23ClN2O2/c1-4-7-19-8-10-20(11-9-19)17(21)14(3)22-16-12-13(2)5-6-15(16)18/h4-6,12,14H,1,7-11H2,2-3H3/t14-/m0/s1. The lowest BCUT2D eigenvalue weighted by Gasteiger charge is -2.35. The molecule has 0 bridgehead atoms. The lowest BCUT2D eigenvalue weighted by atomic mass is 10.2. The van der Waals surface area contributed by atoms with Gasteiger partial charge in [-0.1, -0.05) is 23.7 Å². The van der Waals surface area contributed by atoms with Crippen LogP contribution in [0.2, 0.25) is 5.02 Å². The van der Waals surface area contributed by atoms with Gasteiger partial charge >= 0.3 is 0 Å². The molecular weight excluding hydrogens is 300 g/mol. The third-order valence-corrected chi connectivity index (χ3v) is 4.12. The number of benzene rings is 1. The highest BCUT2D eigenvalue weighted by Gasteiger charge is 2.26. The second kappa shape index (κ2) is 7.65. The maximum atomic E-state index is 12.5. The minimum Gasteiger partial charge on any atom is -0.479 e. The molecule has 1 aliphatic heterocycles. The topological polar surface area (TPSA) is 32.8 Å². The summed E-state index contributed by atoms with van der Waals surface area (Å²) in [5.74, 6) is 0.573. The fraction of sp³-hybridized carbons (Fsp3) is 0.471. The van der Waals surface area contributed by atoms with E-state index >= 15 is 0 Å². The Kier molecular flexibility index (Phi) is 5.86. The molecule has 1 aliphatic rings. The van der Waals surface area contributed by atoms with E-state index in [4.69, 9.17) is 16.3 Å². The molecule has 4 nitrogen and oxygen atoms in total. The number of rotatable bonds is 5. The average molecular weight is 323 g/mol. The van der Waals surface area contributed by atoms with E-state index in [1.807, 2.05) is 30.0 Å². The van der Waals surface area contributed by atoms with Crippen molar-refractivity contribution in [3.63, 3.8) is 0 Å². The van der Waals surface area contributed by atoms with Crippen molar-refractivity contribution in [3.8, 4) is 5.75 Å². The van der Waals surface area contributed by atoms with Crippen molar-refractivity contribution >= 4 is 17.5 Å². The third-order valence-electron chi connectivity index (χ3n) is 3.81. The highest BCUT2D eigenvalue weighted by molar-refractivity contribution is 6.32. The van der Waals surface area contributed by atoms with Crippen LogP contribution < -0.4 is 4.74 Å². The number of hydrogen-bond donors (Lipinski definition) is 0. The van der Waals surface area contributed by atoms with Gasteiger partial charge in [-0.05, 0) is 31.5 Å². The van der Waals surface area contributed by atoms with Gasteiger partial charge < -0.3 is 9.64 Å². The van der Waals surface area contributed by atoms with Crippen LogP contribution in [0.25, 0.3) is 0 Å². The van der Waals surface area contributed by atoms with Crippen molar-refractivity contribution in [2.75, 3.05) is 32.7 Å². The summed E-state index contributed by atoms with van der Waals surface area (Å²) >= 11 is 6.12. The molecule has 1 fully saturated rings. The molecule has 120 valence electrons. The summed E-state index contributed by atoms with van der Waals surface area (Å²) in [7, 11) is 0. The van der Waals surface area contributed by atoms with Crippen LogP contribution >= 0.6 is 11.6 Å². The molecule has 0 saturated carbocycles. The van der Waals surface area contributed by atoms with E-state index in [2.05, 4.69) is 11.5 Å². The van der Waals surface area contributed by atoms with Gasteiger partial charge in [-0.3, -0.25) is 9.69 Å². The molecule has 0 unspecified atom stereocenters. The lowest BCUT2D eigenvalue weighted by Crippen LogP contribution is -2.51. The van der Waals surface area contributed by atoms with Gasteiger partial charge in [0, 0.05) is 32.7 Å². The molecule has 0 spiro atoms.